The Morgan fingerprint density at radius 1 is 1.10 bits per heavy atom. The van der Waals surface area contributed by atoms with E-state index < -0.39 is 0 Å². The minimum absolute atomic E-state index is 0.240. The molecule has 1 unspecified atom stereocenters. The molecule has 0 saturated heterocycles. The third-order valence-corrected chi connectivity index (χ3v) is 3.94. The Morgan fingerprint density at radius 2 is 1.81 bits per heavy atom. The van der Waals surface area contributed by atoms with Gasteiger partial charge in [0.15, 0.2) is 0 Å². The number of nitrogens with one attached hydrogen (secondary N) is 1. The fourth-order valence-electron chi connectivity index (χ4n) is 2.48. The number of rotatable bonds is 6. The van der Waals surface area contributed by atoms with Crippen molar-refractivity contribution in [2.75, 3.05) is 7.11 Å². The molecule has 0 amide bonds. The molecular formula is C18H22ClNO. The second-order valence-corrected chi connectivity index (χ2v) is 5.62. The molecular weight excluding hydrogens is 282 g/mol. The summed E-state index contributed by atoms with van der Waals surface area (Å²) in [5, 5.41) is 4.44. The lowest BCUT2D eigenvalue weighted by atomic mass is 10.0. The molecule has 0 radical (unpaired) electrons. The van der Waals surface area contributed by atoms with Crippen LogP contribution in [-0.2, 0) is 0 Å². The Balaban J connectivity index is 2.14. The molecule has 21 heavy (non-hydrogen) atoms. The highest BCUT2D eigenvalue weighted by atomic mass is 35.5. The van der Waals surface area contributed by atoms with Crippen LogP contribution in [0.1, 0.15) is 43.5 Å². The maximum Gasteiger partial charge on any atom is 0.119 e. The van der Waals surface area contributed by atoms with Crippen molar-refractivity contribution in [3.05, 3.63) is 64.7 Å². The van der Waals surface area contributed by atoms with E-state index >= 15 is 0 Å². The molecule has 3 heteroatoms. The van der Waals surface area contributed by atoms with E-state index in [0.29, 0.717) is 0 Å². The van der Waals surface area contributed by atoms with E-state index in [0.717, 1.165) is 17.2 Å². The zero-order chi connectivity index (χ0) is 15.2. The molecule has 2 nitrogen and oxygen atoms in total. The average Bonchev–Trinajstić information content (AvgIpc) is 2.52. The van der Waals surface area contributed by atoms with Crippen LogP contribution in [0.5, 0.6) is 5.75 Å². The van der Waals surface area contributed by atoms with E-state index in [-0.39, 0.29) is 12.1 Å². The van der Waals surface area contributed by atoms with E-state index in [4.69, 9.17) is 16.3 Å². The lowest BCUT2D eigenvalue weighted by Crippen LogP contribution is -2.24. The molecule has 2 atom stereocenters. The molecule has 0 bridgehead atoms. The molecule has 0 saturated carbocycles. The summed E-state index contributed by atoms with van der Waals surface area (Å²) in [6.07, 6.45) is 1.01. The Kier molecular flexibility index (Phi) is 5.66. The van der Waals surface area contributed by atoms with Gasteiger partial charge >= 0.3 is 0 Å². The van der Waals surface area contributed by atoms with Crippen LogP contribution in [0.25, 0.3) is 0 Å². The summed E-state index contributed by atoms with van der Waals surface area (Å²) in [4.78, 5) is 0. The first-order valence-corrected chi connectivity index (χ1v) is 7.67. The van der Waals surface area contributed by atoms with Gasteiger partial charge in [0.05, 0.1) is 7.11 Å². The highest BCUT2D eigenvalue weighted by Gasteiger charge is 2.14. The van der Waals surface area contributed by atoms with E-state index in [1.54, 1.807) is 7.11 Å². The summed E-state index contributed by atoms with van der Waals surface area (Å²) < 4.78 is 5.29. The molecule has 0 spiro atoms. The predicted octanol–water partition coefficient (Wildman–Crippen LogP) is 5.15. The highest BCUT2D eigenvalue weighted by molar-refractivity contribution is 6.30. The fourth-order valence-corrected chi connectivity index (χ4v) is 2.68. The molecule has 2 rings (SSSR count). The van der Waals surface area contributed by atoms with Crippen molar-refractivity contribution in [1.29, 1.82) is 0 Å². The lowest BCUT2D eigenvalue weighted by molar-refractivity contribution is 0.411. The Labute approximate surface area is 132 Å². The highest BCUT2D eigenvalue weighted by Crippen LogP contribution is 2.25. The van der Waals surface area contributed by atoms with E-state index in [9.17, 15) is 0 Å². The zero-order valence-corrected chi connectivity index (χ0v) is 13.5. The van der Waals surface area contributed by atoms with Crippen molar-refractivity contribution >= 4 is 11.6 Å². The topological polar surface area (TPSA) is 21.3 Å². The van der Waals surface area contributed by atoms with Gasteiger partial charge in [-0.1, -0.05) is 42.8 Å². The zero-order valence-electron chi connectivity index (χ0n) is 12.8. The van der Waals surface area contributed by atoms with Crippen LogP contribution in [0.3, 0.4) is 0 Å². The van der Waals surface area contributed by atoms with Crippen LogP contribution in [0.4, 0.5) is 0 Å². The first kappa shape index (κ1) is 15.9. The van der Waals surface area contributed by atoms with Gasteiger partial charge in [-0.25, -0.2) is 0 Å². The molecule has 112 valence electrons. The molecule has 0 aliphatic carbocycles. The van der Waals surface area contributed by atoms with Crippen LogP contribution < -0.4 is 10.1 Å². The van der Waals surface area contributed by atoms with Crippen molar-refractivity contribution in [3.8, 4) is 5.75 Å². The first-order valence-electron chi connectivity index (χ1n) is 7.29. The minimum atomic E-state index is 0.240. The molecule has 0 aliphatic heterocycles. The van der Waals surface area contributed by atoms with Crippen molar-refractivity contribution < 1.29 is 4.74 Å². The van der Waals surface area contributed by atoms with Gasteiger partial charge in [0.1, 0.15) is 5.75 Å². The quantitative estimate of drug-likeness (QED) is 0.796. The number of hydrogen-bond donors (Lipinski definition) is 1. The number of methoxy groups -OCH3 is 1. The minimum Gasteiger partial charge on any atom is -0.497 e. The standard InChI is InChI=1S/C18H22ClNO/c1-4-18(15-8-5-9-16(19)11-15)20-13(2)14-7-6-10-17(12-14)21-3/h5-13,18,20H,4H2,1-3H3/t13-,18?/m0/s1. The van der Waals surface area contributed by atoms with Gasteiger partial charge in [-0.05, 0) is 48.7 Å². The maximum atomic E-state index is 6.09. The van der Waals surface area contributed by atoms with E-state index in [2.05, 4.69) is 37.4 Å². The van der Waals surface area contributed by atoms with Crippen molar-refractivity contribution in [2.45, 2.75) is 32.4 Å². The summed E-state index contributed by atoms with van der Waals surface area (Å²) in [5.74, 6) is 0.886. The smallest absolute Gasteiger partial charge is 0.119 e. The molecule has 0 heterocycles. The van der Waals surface area contributed by atoms with Crippen LogP contribution in [0.2, 0.25) is 5.02 Å². The van der Waals surface area contributed by atoms with Crippen LogP contribution in [0.15, 0.2) is 48.5 Å². The van der Waals surface area contributed by atoms with Gasteiger partial charge in [0, 0.05) is 17.1 Å². The monoisotopic (exact) mass is 303 g/mol. The van der Waals surface area contributed by atoms with Crippen molar-refractivity contribution in [1.82, 2.24) is 5.32 Å². The van der Waals surface area contributed by atoms with Crippen LogP contribution in [-0.4, -0.2) is 7.11 Å². The van der Waals surface area contributed by atoms with Crippen molar-refractivity contribution in [2.24, 2.45) is 0 Å². The summed E-state index contributed by atoms with van der Waals surface area (Å²) in [6, 6.07) is 16.7. The maximum absolute atomic E-state index is 6.09. The van der Waals surface area contributed by atoms with Gasteiger partial charge in [-0.3, -0.25) is 0 Å². The largest absolute Gasteiger partial charge is 0.497 e. The summed E-state index contributed by atoms with van der Waals surface area (Å²) >= 11 is 6.09. The van der Waals surface area contributed by atoms with Gasteiger partial charge in [0.2, 0.25) is 0 Å². The summed E-state index contributed by atoms with van der Waals surface area (Å²) in [7, 11) is 1.69. The number of hydrogen-bond acceptors (Lipinski definition) is 2. The molecule has 2 aromatic rings. The third kappa shape index (κ3) is 4.23. The fraction of sp³-hybridized carbons (Fsp3) is 0.333. The molecule has 2 aromatic carbocycles. The van der Waals surface area contributed by atoms with Crippen molar-refractivity contribution in [3.63, 3.8) is 0 Å². The van der Waals surface area contributed by atoms with Crippen LogP contribution in [0, 0.1) is 0 Å². The van der Waals surface area contributed by atoms with Gasteiger partial charge in [-0.15, -0.1) is 0 Å². The van der Waals surface area contributed by atoms with Gasteiger partial charge in [-0.2, -0.15) is 0 Å². The van der Waals surface area contributed by atoms with E-state index in [1.807, 2.05) is 30.3 Å². The van der Waals surface area contributed by atoms with Crippen LogP contribution >= 0.6 is 11.6 Å². The first-order chi connectivity index (χ1) is 10.1. The Morgan fingerprint density at radius 3 is 2.48 bits per heavy atom. The molecule has 0 aliphatic rings. The summed E-state index contributed by atoms with van der Waals surface area (Å²) in [6.45, 7) is 4.35. The molecule has 0 fully saturated rings. The average molecular weight is 304 g/mol. The lowest BCUT2D eigenvalue weighted by Gasteiger charge is -2.23. The summed E-state index contributed by atoms with van der Waals surface area (Å²) in [5.41, 5.74) is 2.44. The predicted molar refractivity (Wildman–Crippen MR) is 89.0 cm³/mol. The van der Waals surface area contributed by atoms with Gasteiger partial charge in [0.25, 0.3) is 0 Å². The third-order valence-electron chi connectivity index (χ3n) is 3.70. The molecule has 0 aromatic heterocycles. The number of halogens is 1. The number of ether oxygens (including phenoxy) is 1. The molecule has 1 N–H and O–H groups in total. The second-order valence-electron chi connectivity index (χ2n) is 5.18. The second kappa shape index (κ2) is 7.48. The normalized spacial score (nSPS) is 13.7. The number of benzene rings is 2. The Bertz CT molecular complexity index is 585. The van der Waals surface area contributed by atoms with E-state index in [1.165, 1.54) is 11.1 Å². The SMILES string of the molecule is CCC(N[C@@H](C)c1cccc(OC)c1)c1cccc(Cl)c1. The Hall–Kier alpha value is -1.51. The van der Waals surface area contributed by atoms with Gasteiger partial charge < -0.3 is 10.1 Å².